The Labute approximate surface area is 342 Å². The van der Waals surface area contributed by atoms with Gasteiger partial charge in [-0.1, -0.05) is 13.0 Å². The van der Waals surface area contributed by atoms with Gasteiger partial charge in [0, 0.05) is 70.1 Å². The number of likely N-dealkylation sites (tertiary alicyclic amines) is 1. The van der Waals surface area contributed by atoms with Gasteiger partial charge in [0.25, 0.3) is 0 Å². The summed E-state index contributed by atoms with van der Waals surface area (Å²) in [5.41, 5.74) is 12.6. The second-order valence-electron chi connectivity index (χ2n) is 14.6. The molecule has 0 spiro atoms. The molecule has 58 heavy (non-hydrogen) atoms. The molecule has 0 saturated carbocycles. The van der Waals surface area contributed by atoms with Gasteiger partial charge >= 0.3 is 12.2 Å². The summed E-state index contributed by atoms with van der Waals surface area (Å²) < 4.78 is 22.9. The number of methoxy groups -OCH3 is 2. The minimum Gasteiger partial charge on any atom is -0.493 e. The molecule has 2 aliphatic heterocycles. The van der Waals surface area contributed by atoms with Gasteiger partial charge in [-0.25, -0.2) is 9.59 Å². The normalized spacial score (nSPS) is 20.7. The minimum absolute atomic E-state index is 0.0174. The lowest BCUT2D eigenvalue weighted by atomic mass is 9.57. The number of carbonyl (C=O) groups is 5. The van der Waals surface area contributed by atoms with Crippen LogP contribution in [0.3, 0.4) is 0 Å². The number of piperazine rings is 1. The SMILES string of the molecule is CCOC(=O)N1CCN(C(=O)OC2=CCC3C(C)N(C)CCC3(c3c(CC)ccc(OC)c3OC)C2)CC1.CNC(=O)C(CCCN=C(N)N)NC(=O)CNC(C)=O. The van der Waals surface area contributed by atoms with E-state index in [2.05, 4.69) is 58.9 Å². The lowest BCUT2D eigenvalue weighted by Crippen LogP contribution is -2.55. The van der Waals surface area contributed by atoms with Crippen molar-refractivity contribution in [1.82, 2.24) is 30.7 Å². The van der Waals surface area contributed by atoms with Crippen LogP contribution in [0.4, 0.5) is 9.59 Å². The third-order valence-corrected chi connectivity index (χ3v) is 11.1. The van der Waals surface area contributed by atoms with E-state index in [4.69, 9.17) is 30.4 Å². The van der Waals surface area contributed by atoms with E-state index in [1.54, 1.807) is 30.9 Å². The number of fused-ring (bicyclic) bond motifs is 1. The van der Waals surface area contributed by atoms with Crippen molar-refractivity contribution in [3.63, 3.8) is 0 Å². The van der Waals surface area contributed by atoms with Gasteiger partial charge in [-0.3, -0.25) is 19.4 Å². The summed E-state index contributed by atoms with van der Waals surface area (Å²) in [4.78, 5) is 68.6. The third-order valence-electron chi connectivity index (χ3n) is 11.1. The fourth-order valence-electron chi connectivity index (χ4n) is 7.96. The van der Waals surface area contributed by atoms with Crippen LogP contribution in [-0.4, -0.2) is 143 Å². The van der Waals surface area contributed by atoms with Gasteiger partial charge in [0.05, 0.1) is 27.4 Å². The molecular formula is C40H65N9O9. The summed E-state index contributed by atoms with van der Waals surface area (Å²) >= 11 is 0. The summed E-state index contributed by atoms with van der Waals surface area (Å²) in [6, 6.07) is 3.81. The van der Waals surface area contributed by atoms with E-state index in [-0.39, 0.29) is 41.9 Å². The smallest absolute Gasteiger partial charge is 0.415 e. The number of ether oxygens (including phenoxy) is 4. The molecule has 3 aliphatic rings. The first kappa shape index (κ1) is 47.1. The van der Waals surface area contributed by atoms with Gasteiger partial charge < -0.3 is 61.1 Å². The Balaban J connectivity index is 0.000000382. The molecule has 7 N–H and O–H groups in total. The van der Waals surface area contributed by atoms with Crippen molar-refractivity contribution in [3.8, 4) is 11.5 Å². The molecule has 1 aromatic rings. The maximum Gasteiger partial charge on any atom is 0.415 e. The number of guanidine groups is 1. The average molecular weight is 816 g/mol. The lowest BCUT2D eigenvalue weighted by molar-refractivity contribution is -0.129. The molecule has 1 aromatic carbocycles. The maximum atomic E-state index is 13.2. The van der Waals surface area contributed by atoms with Crippen LogP contribution in [0, 0.1) is 5.92 Å². The molecule has 18 nitrogen and oxygen atoms in total. The van der Waals surface area contributed by atoms with E-state index < -0.39 is 11.9 Å². The van der Waals surface area contributed by atoms with Gasteiger partial charge in [-0.05, 0) is 83.2 Å². The summed E-state index contributed by atoms with van der Waals surface area (Å²) in [6.45, 7) is 10.8. The summed E-state index contributed by atoms with van der Waals surface area (Å²) in [5, 5.41) is 7.35. The van der Waals surface area contributed by atoms with E-state index in [0.717, 1.165) is 37.3 Å². The predicted molar refractivity (Wildman–Crippen MR) is 219 cm³/mol. The first-order valence-electron chi connectivity index (χ1n) is 20.0. The van der Waals surface area contributed by atoms with Crippen LogP contribution in [0.25, 0.3) is 0 Å². The van der Waals surface area contributed by atoms with Gasteiger partial charge in [-0.15, -0.1) is 0 Å². The van der Waals surface area contributed by atoms with Crippen LogP contribution >= 0.6 is 0 Å². The largest absolute Gasteiger partial charge is 0.493 e. The number of hydrogen-bond acceptors (Lipinski definition) is 11. The molecule has 2 saturated heterocycles. The number of hydrogen-bond donors (Lipinski definition) is 5. The van der Waals surface area contributed by atoms with Gasteiger partial charge in [0.1, 0.15) is 11.8 Å². The van der Waals surface area contributed by atoms with Crippen molar-refractivity contribution in [2.24, 2.45) is 22.4 Å². The van der Waals surface area contributed by atoms with Crippen molar-refractivity contribution < 1.29 is 42.9 Å². The van der Waals surface area contributed by atoms with E-state index in [1.807, 2.05) is 6.07 Å². The number of benzene rings is 1. The highest BCUT2D eigenvalue weighted by molar-refractivity contribution is 5.89. The molecule has 0 radical (unpaired) electrons. The monoisotopic (exact) mass is 815 g/mol. The van der Waals surface area contributed by atoms with Crippen molar-refractivity contribution in [1.29, 1.82) is 0 Å². The molecule has 5 amide bonds. The number of piperidine rings is 1. The Kier molecular flexibility index (Phi) is 18.4. The number of allylic oxidation sites excluding steroid dienone is 2. The number of aliphatic imine (C=N–C) groups is 1. The molecule has 0 aromatic heterocycles. The molecule has 2 heterocycles. The summed E-state index contributed by atoms with van der Waals surface area (Å²) in [6.07, 6.45) is 5.58. The first-order valence-corrected chi connectivity index (χ1v) is 20.0. The van der Waals surface area contributed by atoms with E-state index >= 15 is 0 Å². The zero-order chi connectivity index (χ0) is 43.0. The quantitative estimate of drug-likeness (QED) is 0.103. The molecule has 4 atom stereocenters. The standard InChI is InChI=1S/C29H43N3O6.C11H22N6O3/c1-7-21-9-12-24(35-5)26(36-6)25(21)29-13-14-30(4)20(3)23(29)11-10-22(19-29)38-28(34)32-17-15-31(16-18-32)27(33)37-8-2;1-7(18)16-6-9(19)17-8(10(20)14-2)4-3-5-15-11(12)13/h9-10,12,20,23H,7-8,11,13-19H2,1-6H3;8H,3-6H2,1-2H3,(H,14,20)(H,16,18)(H,17,19)(H4,12,13,15). The van der Waals surface area contributed by atoms with Crippen LogP contribution in [0.2, 0.25) is 0 Å². The Morgan fingerprint density at radius 2 is 1.67 bits per heavy atom. The topological polar surface area (TPSA) is 232 Å². The fourth-order valence-corrected chi connectivity index (χ4v) is 7.96. The number of aryl methyl sites for hydroxylation is 1. The molecule has 324 valence electrons. The second kappa shape index (κ2) is 22.6. The van der Waals surface area contributed by atoms with Crippen LogP contribution in [-0.2, 0) is 35.7 Å². The molecule has 0 bridgehead atoms. The molecule has 18 heteroatoms. The van der Waals surface area contributed by atoms with Gasteiger partial charge in [0.15, 0.2) is 17.5 Å². The zero-order valence-electron chi connectivity index (χ0n) is 35.5. The van der Waals surface area contributed by atoms with Crippen LogP contribution in [0.15, 0.2) is 29.0 Å². The van der Waals surface area contributed by atoms with Crippen LogP contribution < -0.4 is 36.9 Å². The highest BCUT2D eigenvalue weighted by Gasteiger charge is 2.52. The fraction of sp³-hybridized carbons (Fsp3) is 0.650. The maximum absolute atomic E-state index is 13.2. The van der Waals surface area contributed by atoms with E-state index in [9.17, 15) is 24.0 Å². The van der Waals surface area contributed by atoms with Crippen LogP contribution in [0.5, 0.6) is 11.5 Å². The zero-order valence-corrected chi connectivity index (χ0v) is 35.5. The number of nitrogens with one attached hydrogen (secondary N) is 3. The number of nitrogens with two attached hydrogens (primary N) is 2. The van der Waals surface area contributed by atoms with Crippen LogP contribution in [0.1, 0.15) is 70.9 Å². The third kappa shape index (κ3) is 12.4. The van der Waals surface area contributed by atoms with E-state index in [0.29, 0.717) is 76.3 Å². The first-order chi connectivity index (χ1) is 27.6. The lowest BCUT2D eigenvalue weighted by Gasteiger charge is -2.54. The van der Waals surface area contributed by atoms with Crippen molar-refractivity contribution in [2.45, 2.75) is 83.7 Å². The second-order valence-corrected chi connectivity index (χ2v) is 14.6. The highest BCUT2D eigenvalue weighted by Crippen LogP contribution is 2.56. The van der Waals surface area contributed by atoms with Gasteiger partial charge in [0.2, 0.25) is 17.7 Å². The average Bonchev–Trinajstić information content (AvgIpc) is 3.21. The number of rotatable bonds is 14. The summed E-state index contributed by atoms with van der Waals surface area (Å²) in [5.74, 6) is 1.48. The number of carbonyl (C=O) groups excluding carboxylic acids is 5. The predicted octanol–water partition coefficient (Wildman–Crippen LogP) is 1.84. The Bertz CT molecular complexity index is 1640. The number of nitrogens with zero attached hydrogens (tertiary/aromatic N) is 4. The van der Waals surface area contributed by atoms with E-state index in [1.165, 1.54) is 25.1 Å². The Morgan fingerprint density at radius 3 is 2.24 bits per heavy atom. The van der Waals surface area contributed by atoms with Crippen molar-refractivity contribution in [2.75, 3.05) is 80.7 Å². The molecule has 4 unspecified atom stereocenters. The molecule has 1 aliphatic carbocycles. The molecular weight excluding hydrogens is 750 g/mol. The Hall–Kier alpha value is -5.26. The minimum atomic E-state index is -0.685. The molecule has 4 rings (SSSR count). The molecule has 2 fully saturated rings. The summed E-state index contributed by atoms with van der Waals surface area (Å²) in [7, 11) is 7.05. The number of likely N-dealkylation sites (N-methyl/N-ethyl adjacent to an activating group) is 1. The number of amides is 5. The van der Waals surface area contributed by atoms with Gasteiger partial charge in [-0.2, -0.15) is 0 Å². The highest BCUT2D eigenvalue weighted by atomic mass is 16.6. The Morgan fingerprint density at radius 1 is 1.00 bits per heavy atom. The van der Waals surface area contributed by atoms with Crippen molar-refractivity contribution >= 4 is 35.9 Å². The van der Waals surface area contributed by atoms with Crippen molar-refractivity contribution in [3.05, 3.63) is 35.1 Å².